The molecule has 0 saturated carbocycles. The van der Waals surface area contributed by atoms with Crippen molar-refractivity contribution in [3.05, 3.63) is 36.2 Å². The second-order valence-electron chi connectivity index (χ2n) is 2.90. The second-order valence-corrected chi connectivity index (χ2v) is 4.32. The molecular formula is C9H9FO3S. The lowest BCUT2D eigenvalue weighted by molar-refractivity contribution is 0.482. The van der Waals surface area contributed by atoms with Gasteiger partial charge in [0.05, 0.1) is 4.90 Å². The van der Waals surface area contributed by atoms with Gasteiger partial charge in [0, 0.05) is 5.56 Å². The smallest absolute Gasteiger partial charge is 0.282 e. The Hall–Kier alpha value is -1.20. The molecule has 0 spiro atoms. The SMILES string of the molecule is C=C(C)c1ccc(S(=O)(=O)O)cc1F. The number of halogens is 1. The first-order valence-electron chi connectivity index (χ1n) is 3.75. The Morgan fingerprint density at radius 3 is 2.43 bits per heavy atom. The summed E-state index contributed by atoms with van der Waals surface area (Å²) in [6.45, 7) is 5.13. The molecule has 0 aliphatic rings. The molecule has 0 aromatic heterocycles. The topological polar surface area (TPSA) is 54.4 Å². The van der Waals surface area contributed by atoms with E-state index in [2.05, 4.69) is 6.58 Å². The van der Waals surface area contributed by atoms with Gasteiger partial charge in [-0.1, -0.05) is 12.6 Å². The van der Waals surface area contributed by atoms with Crippen LogP contribution in [0.25, 0.3) is 5.57 Å². The third-order valence-electron chi connectivity index (χ3n) is 1.70. The van der Waals surface area contributed by atoms with Gasteiger partial charge in [-0.3, -0.25) is 4.55 Å². The molecule has 0 heterocycles. The Labute approximate surface area is 81.6 Å². The summed E-state index contributed by atoms with van der Waals surface area (Å²) in [6.07, 6.45) is 0. The Morgan fingerprint density at radius 2 is 2.07 bits per heavy atom. The van der Waals surface area contributed by atoms with E-state index in [-0.39, 0.29) is 5.56 Å². The number of hydrogen-bond acceptors (Lipinski definition) is 2. The first-order valence-corrected chi connectivity index (χ1v) is 5.19. The zero-order valence-electron chi connectivity index (χ0n) is 7.49. The average Bonchev–Trinajstić information content (AvgIpc) is 2.01. The molecule has 3 nitrogen and oxygen atoms in total. The van der Waals surface area contributed by atoms with Crippen LogP contribution in [0.2, 0.25) is 0 Å². The highest BCUT2D eigenvalue weighted by Crippen LogP contribution is 2.19. The summed E-state index contributed by atoms with van der Waals surface area (Å²) in [5.41, 5.74) is 0.724. The van der Waals surface area contributed by atoms with E-state index in [0.29, 0.717) is 5.57 Å². The van der Waals surface area contributed by atoms with Crippen molar-refractivity contribution in [2.45, 2.75) is 11.8 Å². The normalized spacial score (nSPS) is 11.4. The highest BCUT2D eigenvalue weighted by atomic mass is 32.2. The van der Waals surface area contributed by atoms with Crippen LogP contribution in [0.4, 0.5) is 4.39 Å². The minimum absolute atomic E-state index is 0.234. The Balaban J connectivity index is 3.34. The molecule has 0 bridgehead atoms. The van der Waals surface area contributed by atoms with E-state index in [9.17, 15) is 12.8 Å². The molecule has 0 unspecified atom stereocenters. The van der Waals surface area contributed by atoms with Crippen LogP contribution in [0.1, 0.15) is 12.5 Å². The molecule has 1 aromatic carbocycles. The lowest BCUT2D eigenvalue weighted by atomic mass is 10.1. The van der Waals surface area contributed by atoms with Gasteiger partial charge in [0.15, 0.2) is 0 Å². The lowest BCUT2D eigenvalue weighted by Gasteiger charge is -2.03. The van der Waals surface area contributed by atoms with Crippen LogP contribution in [0, 0.1) is 5.82 Å². The van der Waals surface area contributed by atoms with Gasteiger partial charge in [-0.25, -0.2) is 4.39 Å². The third-order valence-corrected chi connectivity index (χ3v) is 2.55. The summed E-state index contributed by atoms with van der Waals surface area (Å²) < 4.78 is 43.1. The molecule has 14 heavy (non-hydrogen) atoms. The molecule has 0 amide bonds. The van der Waals surface area contributed by atoms with Gasteiger partial charge in [0.25, 0.3) is 10.1 Å². The van der Waals surface area contributed by atoms with Crippen LogP contribution < -0.4 is 0 Å². The number of allylic oxidation sites excluding steroid dienone is 1. The molecule has 0 aliphatic carbocycles. The summed E-state index contributed by atoms with van der Waals surface area (Å²) in [7, 11) is -4.34. The van der Waals surface area contributed by atoms with Crippen molar-refractivity contribution in [1.29, 1.82) is 0 Å². The van der Waals surface area contributed by atoms with Gasteiger partial charge >= 0.3 is 0 Å². The molecule has 5 heteroatoms. The summed E-state index contributed by atoms with van der Waals surface area (Å²) in [6, 6.07) is 3.16. The maximum atomic E-state index is 13.2. The maximum absolute atomic E-state index is 13.2. The Kier molecular flexibility index (Phi) is 2.73. The number of benzene rings is 1. The van der Waals surface area contributed by atoms with Crippen LogP contribution in [-0.4, -0.2) is 13.0 Å². The quantitative estimate of drug-likeness (QED) is 0.770. The molecule has 1 N–H and O–H groups in total. The van der Waals surface area contributed by atoms with Crippen LogP contribution >= 0.6 is 0 Å². The minimum atomic E-state index is -4.34. The van der Waals surface area contributed by atoms with Crippen molar-refractivity contribution in [3.63, 3.8) is 0 Å². The molecule has 76 valence electrons. The van der Waals surface area contributed by atoms with E-state index in [1.165, 1.54) is 6.07 Å². The van der Waals surface area contributed by atoms with Crippen molar-refractivity contribution in [3.8, 4) is 0 Å². The molecule has 0 fully saturated rings. The monoisotopic (exact) mass is 216 g/mol. The number of hydrogen-bond donors (Lipinski definition) is 1. The van der Waals surface area contributed by atoms with Crippen LogP contribution in [0.3, 0.4) is 0 Å². The standard InChI is InChI=1S/C9H9FO3S/c1-6(2)8-4-3-7(5-9(8)10)14(11,12)13/h3-5H,1H2,2H3,(H,11,12,13). The summed E-state index contributed by atoms with van der Waals surface area (Å²) in [5, 5.41) is 0. The summed E-state index contributed by atoms with van der Waals surface area (Å²) in [4.78, 5) is -0.458. The van der Waals surface area contributed by atoms with Crippen LogP contribution in [0.5, 0.6) is 0 Å². The maximum Gasteiger partial charge on any atom is 0.294 e. The van der Waals surface area contributed by atoms with E-state index in [0.717, 1.165) is 12.1 Å². The van der Waals surface area contributed by atoms with E-state index >= 15 is 0 Å². The predicted octanol–water partition coefficient (Wildman–Crippen LogP) is 2.11. The second kappa shape index (κ2) is 3.51. The Bertz CT molecular complexity index is 477. The molecule has 0 aliphatic heterocycles. The molecule has 0 atom stereocenters. The van der Waals surface area contributed by atoms with Crippen LogP contribution in [-0.2, 0) is 10.1 Å². The van der Waals surface area contributed by atoms with Gasteiger partial charge in [-0.15, -0.1) is 0 Å². The largest absolute Gasteiger partial charge is 0.294 e. The van der Waals surface area contributed by atoms with E-state index in [4.69, 9.17) is 4.55 Å². The molecule has 1 rings (SSSR count). The predicted molar refractivity (Wildman–Crippen MR) is 50.9 cm³/mol. The van der Waals surface area contributed by atoms with Crippen molar-refractivity contribution >= 4 is 15.7 Å². The number of rotatable bonds is 2. The fraction of sp³-hybridized carbons (Fsp3) is 0.111. The van der Waals surface area contributed by atoms with Gasteiger partial charge in [-0.05, 0) is 24.6 Å². The summed E-state index contributed by atoms with van der Waals surface area (Å²) in [5.74, 6) is -0.715. The van der Waals surface area contributed by atoms with Gasteiger partial charge < -0.3 is 0 Å². The molecular weight excluding hydrogens is 207 g/mol. The Morgan fingerprint density at radius 1 is 1.50 bits per heavy atom. The zero-order valence-corrected chi connectivity index (χ0v) is 8.31. The molecule has 1 aromatic rings. The highest BCUT2D eigenvalue weighted by Gasteiger charge is 2.12. The lowest BCUT2D eigenvalue weighted by Crippen LogP contribution is -1.99. The zero-order chi connectivity index (χ0) is 10.9. The van der Waals surface area contributed by atoms with Crippen molar-refractivity contribution in [1.82, 2.24) is 0 Å². The average molecular weight is 216 g/mol. The van der Waals surface area contributed by atoms with E-state index < -0.39 is 20.8 Å². The van der Waals surface area contributed by atoms with Crippen molar-refractivity contribution in [2.24, 2.45) is 0 Å². The summed E-state index contributed by atoms with van der Waals surface area (Å²) >= 11 is 0. The van der Waals surface area contributed by atoms with Crippen LogP contribution in [0.15, 0.2) is 29.7 Å². The first kappa shape index (κ1) is 10.9. The van der Waals surface area contributed by atoms with Gasteiger partial charge in [0.1, 0.15) is 5.82 Å². The molecule has 0 saturated heterocycles. The minimum Gasteiger partial charge on any atom is -0.282 e. The van der Waals surface area contributed by atoms with Gasteiger partial charge in [0.2, 0.25) is 0 Å². The first-order chi connectivity index (χ1) is 6.32. The van der Waals surface area contributed by atoms with E-state index in [1.54, 1.807) is 6.92 Å². The third kappa shape index (κ3) is 2.18. The fourth-order valence-electron chi connectivity index (χ4n) is 1.00. The van der Waals surface area contributed by atoms with Crippen molar-refractivity contribution in [2.75, 3.05) is 0 Å². The van der Waals surface area contributed by atoms with E-state index in [1.807, 2.05) is 0 Å². The highest BCUT2D eigenvalue weighted by molar-refractivity contribution is 7.85. The fourth-order valence-corrected chi connectivity index (χ4v) is 1.49. The van der Waals surface area contributed by atoms with Crippen molar-refractivity contribution < 1.29 is 17.4 Å². The van der Waals surface area contributed by atoms with Gasteiger partial charge in [-0.2, -0.15) is 8.42 Å². The molecule has 0 radical (unpaired) electrons.